The van der Waals surface area contributed by atoms with Gasteiger partial charge in [0.2, 0.25) is 10.0 Å². The molecule has 44 heavy (non-hydrogen) atoms. The van der Waals surface area contributed by atoms with Crippen LogP contribution in [-0.4, -0.2) is 73.4 Å². The van der Waals surface area contributed by atoms with Crippen LogP contribution in [0.1, 0.15) is 69.8 Å². The van der Waals surface area contributed by atoms with Gasteiger partial charge in [0.1, 0.15) is 11.6 Å². The molecule has 242 valence electrons. The Morgan fingerprint density at radius 3 is 2.52 bits per heavy atom. The van der Waals surface area contributed by atoms with Crippen molar-refractivity contribution < 1.29 is 18.3 Å². The fraction of sp³-hybridized carbons (Fsp3) is 0.576. The summed E-state index contributed by atoms with van der Waals surface area (Å²) in [6.45, 7) is 10.1. The summed E-state index contributed by atoms with van der Waals surface area (Å²) in [4.78, 5) is 18.3. The number of rotatable bonds is 16. The fourth-order valence-corrected chi connectivity index (χ4v) is 5.77. The van der Waals surface area contributed by atoms with Crippen LogP contribution in [0.5, 0.6) is 0 Å². The Hall–Kier alpha value is -2.84. The number of β-amino-alcohol motifs (C(OH)–C–C–N with tert-alkyl or cyclic N) is 1. The molecule has 1 heterocycles. The third-order valence-electron chi connectivity index (χ3n) is 7.86. The summed E-state index contributed by atoms with van der Waals surface area (Å²) < 4.78 is 27.1. The van der Waals surface area contributed by atoms with E-state index in [2.05, 4.69) is 39.7 Å². The molecule has 1 saturated carbocycles. The van der Waals surface area contributed by atoms with Gasteiger partial charge in [-0.3, -0.25) is 14.4 Å². The van der Waals surface area contributed by atoms with Crippen LogP contribution >= 0.6 is 11.6 Å². The van der Waals surface area contributed by atoms with Gasteiger partial charge in [-0.2, -0.15) is 0 Å². The van der Waals surface area contributed by atoms with Gasteiger partial charge >= 0.3 is 0 Å². The molecule has 0 radical (unpaired) electrons. The first-order valence-electron chi connectivity index (χ1n) is 15.3. The monoisotopic (exact) mass is 645 g/mol. The number of amides is 1. The van der Waals surface area contributed by atoms with E-state index in [0.29, 0.717) is 42.9 Å². The number of unbranched alkanes of at least 4 members (excludes halogenated alkanes) is 1. The third kappa shape index (κ3) is 10.7. The molecule has 0 bridgehead atoms. The number of nitrogens with zero attached hydrogens (tertiary/aromatic N) is 2. The van der Waals surface area contributed by atoms with E-state index in [1.54, 1.807) is 19.9 Å². The maximum Gasteiger partial charge on any atom is 0.251 e. The Bertz CT molecular complexity index is 1410. The summed E-state index contributed by atoms with van der Waals surface area (Å²) in [5.41, 5.74) is 0.646. The highest BCUT2D eigenvalue weighted by atomic mass is 35.5. The first-order valence-corrected chi connectivity index (χ1v) is 17.3. The second-order valence-electron chi connectivity index (χ2n) is 12.5. The van der Waals surface area contributed by atoms with Crippen LogP contribution in [0, 0.1) is 23.7 Å². The summed E-state index contributed by atoms with van der Waals surface area (Å²) in [5.74, 6) is 8.14. The summed E-state index contributed by atoms with van der Waals surface area (Å²) in [6, 6.07) is 12.1. The molecule has 1 aromatic carbocycles. The molecule has 11 heteroatoms. The van der Waals surface area contributed by atoms with Crippen LogP contribution in [0.15, 0.2) is 42.5 Å². The zero-order valence-corrected chi connectivity index (χ0v) is 28.3. The van der Waals surface area contributed by atoms with Gasteiger partial charge in [-0.25, -0.2) is 13.4 Å². The first kappa shape index (κ1) is 35.6. The number of aliphatic hydroxyl groups is 1. The Balaban J connectivity index is 1.85. The zero-order valence-electron chi connectivity index (χ0n) is 26.7. The van der Waals surface area contributed by atoms with Gasteiger partial charge in [0.15, 0.2) is 0 Å². The van der Waals surface area contributed by atoms with E-state index < -0.39 is 38.9 Å². The molecule has 1 aromatic heterocycles. The number of carbonyl (C=O) groups is 1. The number of anilines is 2. The minimum atomic E-state index is -3.68. The quantitative estimate of drug-likeness (QED) is 0.121. The van der Waals surface area contributed by atoms with Gasteiger partial charge in [0, 0.05) is 38.0 Å². The molecular formula is C33H48ClN5O4S. The van der Waals surface area contributed by atoms with Crippen molar-refractivity contribution in [3.63, 3.8) is 0 Å². The lowest BCUT2D eigenvalue weighted by molar-refractivity contribution is 0.0821. The van der Waals surface area contributed by atoms with Crippen molar-refractivity contribution in [1.29, 1.82) is 0 Å². The molecule has 0 saturated heterocycles. The van der Waals surface area contributed by atoms with Crippen LogP contribution < -0.4 is 20.3 Å². The Kier molecular flexibility index (Phi) is 12.9. The zero-order chi connectivity index (χ0) is 32.5. The predicted octanol–water partition coefficient (Wildman–Crippen LogP) is 4.42. The number of nitrogens with one attached hydrogen (secondary N) is 3. The molecule has 1 amide bonds. The van der Waals surface area contributed by atoms with Crippen molar-refractivity contribution >= 4 is 39.2 Å². The lowest BCUT2D eigenvalue weighted by Crippen LogP contribution is -2.52. The topological polar surface area (TPSA) is 124 Å². The standard InChI is InChI=1S/C33H48ClN5O4S/c1-23(2)44(42,43)39(6)31-20-26(19-30(38-31)35-21-27-17-24(27)3)32(41)37-28(18-25-13-9-7-10-14-25)29(40)22-36-33(4,5)15-11-8-12-16-34/h7,9-10,13-14,19-20,23-24,27-29,36,40H,8,12,16-18,21-22H2,1-6H3,(H,35,38)(H,37,41)/t24-,27+,28-,29+/m0/s1. The Morgan fingerprint density at radius 2 is 1.91 bits per heavy atom. The van der Waals surface area contributed by atoms with E-state index >= 15 is 0 Å². The Labute approximate surface area is 268 Å². The minimum Gasteiger partial charge on any atom is -0.390 e. The van der Waals surface area contributed by atoms with E-state index in [9.17, 15) is 18.3 Å². The highest BCUT2D eigenvalue weighted by Gasteiger charge is 2.32. The van der Waals surface area contributed by atoms with Crippen LogP contribution in [0.3, 0.4) is 0 Å². The molecule has 4 atom stereocenters. The molecule has 0 unspecified atom stereocenters. The maximum atomic E-state index is 13.8. The van der Waals surface area contributed by atoms with Gasteiger partial charge in [-0.05, 0) is 76.5 Å². The average molecular weight is 646 g/mol. The highest BCUT2D eigenvalue weighted by Crippen LogP contribution is 2.37. The van der Waals surface area contributed by atoms with Crippen LogP contribution in [0.4, 0.5) is 11.6 Å². The number of alkyl halides is 1. The van der Waals surface area contributed by atoms with Gasteiger partial charge in [-0.1, -0.05) is 43.2 Å². The molecular weight excluding hydrogens is 598 g/mol. The third-order valence-corrected chi connectivity index (χ3v) is 10.3. The van der Waals surface area contributed by atoms with Crippen molar-refractivity contribution in [3.05, 3.63) is 53.6 Å². The average Bonchev–Trinajstić information content (AvgIpc) is 3.71. The lowest BCUT2D eigenvalue weighted by Gasteiger charge is -2.28. The normalized spacial score (nSPS) is 17.8. The number of sulfonamides is 1. The minimum absolute atomic E-state index is 0.147. The summed E-state index contributed by atoms with van der Waals surface area (Å²) in [6.07, 6.45) is 2.07. The highest BCUT2D eigenvalue weighted by molar-refractivity contribution is 7.93. The smallest absolute Gasteiger partial charge is 0.251 e. The van der Waals surface area contributed by atoms with E-state index in [1.807, 2.05) is 44.2 Å². The molecule has 1 aliphatic carbocycles. The van der Waals surface area contributed by atoms with Crippen molar-refractivity contribution in [2.24, 2.45) is 11.8 Å². The number of aromatic nitrogens is 1. The molecule has 0 aliphatic heterocycles. The predicted molar refractivity (Wildman–Crippen MR) is 180 cm³/mol. The molecule has 3 rings (SSSR count). The number of hydrogen-bond acceptors (Lipinski definition) is 7. The number of hydrogen-bond donors (Lipinski definition) is 4. The second-order valence-corrected chi connectivity index (χ2v) is 15.4. The molecule has 2 aromatic rings. The SMILES string of the molecule is CC(C)S(=O)(=O)N(C)c1cc(C(=O)N[C@@H](Cc2ccccc2)[C@H](O)CNC(C)(C)C#CCCCCl)cc(NC[C@H]2C[C@@H]2C)n1. The fourth-order valence-electron chi connectivity index (χ4n) is 4.65. The van der Waals surface area contributed by atoms with Crippen LogP contribution in [-0.2, 0) is 16.4 Å². The number of benzene rings is 1. The summed E-state index contributed by atoms with van der Waals surface area (Å²) >= 11 is 5.76. The van der Waals surface area contributed by atoms with Crippen molar-refractivity contribution in [2.75, 3.05) is 35.6 Å². The van der Waals surface area contributed by atoms with E-state index in [0.717, 1.165) is 22.7 Å². The lowest BCUT2D eigenvalue weighted by atomic mass is 9.99. The number of aliphatic hydroxyl groups excluding tert-OH is 1. The van der Waals surface area contributed by atoms with Crippen LogP contribution in [0.25, 0.3) is 0 Å². The first-order chi connectivity index (χ1) is 20.7. The number of pyridine rings is 1. The summed E-state index contributed by atoms with van der Waals surface area (Å²) in [5, 5.41) is 20.3. The second kappa shape index (κ2) is 15.9. The number of carbonyl (C=O) groups excluding carboxylic acids is 1. The van der Waals surface area contributed by atoms with Gasteiger partial charge in [0.05, 0.1) is 22.9 Å². The van der Waals surface area contributed by atoms with E-state index in [1.165, 1.54) is 13.1 Å². The number of halogens is 1. The van der Waals surface area contributed by atoms with Crippen LogP contribution in [0.2, 0.25) is 0 Å². The van der Waals surface area contributed by atoms with Gasteiger partial charge < -0.3 is 15.7 Å². The van der Waals surface area contributed by atoms with Crippen molar-refractivity contribution in [1.82, 2.24) is 15.6 Å². The Morgan fingerprint density at radius 1 is 1.23 bits per heavy atom. The molecule has 9 nitrogen and oxygen atoms in total. The molecule has 1 fully saturated rings. The molecule has 0 spiro atoms. The van der Waals surface area contributed by atoms with Crippen molar-refractivity contribution in [2.45, 2.75) is 83.2 Å². The summed E-state index contributed by atoms with van der Waals surface area (Å²) in [7, 11) is -2.24. The van der Waals surface area contributed by atoms with Gasteiger partial charge in [-0.15, -0.1) is 17.5 Å². The molecule has 4 N–H and O–H groups in total. The van der Waals surface area contributed by atoms with Crippen molar-refractivity contribution in [3.8, 4) is 11.8 Å². The largest absolute Gasteiger partial charge is 0.390 e. The van der Waals surface area contributed by atoms with E-state index in [4.69, 9.17) is 11.6 Å². The van der Waals surface area contributed by atoms with E-state index in [-0.39, 0.29) is 17.9 Å². The maximum absolute atomic E-state index is 13.8. The molecule has 1 aliphatic rings. The van der Waals surface area contributed by atoms with Gasteiger partial charge in [0.25, 0.3) is 5.91 Å².